The molecule has 0 aliphatic carbocycles. The van der Waals surface area contributed by atoms with Gasteiger partial charge in [0.25, 0.3) is 5.97 Å². The molecule has 0 aromatic carbocycles. The second kappa shape index (κ2) is 9.85. The van der Waals surface area contributed by atoms with Crippen LogP contribution < -0.4 is 0 Å². The predicted molar refractivity (Wildman–Crippen MR) is 33.7 cm³/mol. The number of carbonyl (C=O) groups is 1. The van der Waals surface area contributed by atoms with Gasteiger partial charge in [0.2, 0.25) is 0 Å². The Bertz CT molecular complexity index is 120. The first kappa shape index (κ1) is 10.6. The molecule has 0 atom stereocenters. The van der Waals surface area contributed by atoms with Gasteiger partial charge in [-0.15, -0.1) is 6.58 Å². The second-order valence-electron chi connectivity index (χ2n) is 1.17. The van der Waals surface area contributed by atoms with Gasteiger partial charge in [0.05, 0.1) is 12.5 Å². The fourth-order valence-electron chi connectivity index (χ4n) is 0.0645. The van der Waals surface area contributed by atoms with Crippen LogP contribution in [0.4, 0.5) is 0 Å². The zero-order valence-corrected chi connectivity index (χ0v) is 5.29. The highest BCUT2D eigenvalue weighted by molar-refractivity contribution is 5.62. The zero-order valence-electron chi connectivity index (χ0n) is 5.29. The van der Waals surface area contributed by atoms with E-state index in [1.165, 1.54) is 0 Å². The number of hydrogen-bond donors (Lipinski definition) is 1. The fraction of sp³-hybridized carbons (Fsp3) is 0.333. The van der Waals surface area contributed by atoms with Crippen molar-refractivity contribution in [1.82, 2.24) is 0 Å². The lowest BCUT2D eigenvalue weighted by molar-refractivity contribution is -0.134. The SMILES string of the molecule is C=CCC#N.CC(=O)O. The van der Waals surface area contributed by atoms with Crippen LogP contribution in [0.1, 0.15) is 13.3 Å². The minimum absolute atomic E-state index is 0.458. The third-order valence-corrected chi connectivity index (χ3v) is 0.236. The lowest BCUT2D eigenvalue weighted by atomic mass is 10.5. The average Bonchev–Trinajstić information content (AvgIpc) is 1.66. The standard InChI is InChI=1S/C4H5N.C2H4O2/c1-2-3-4-5;1-2(3)4/h2H,1,3H2;1H3,(H,3,4). The highest BCUT2D eigenvalue weighted by atomic mass is 16.4. The molecule has 0 heterocycles. The third kappa shape index (κ3) is 302. The lowest BCUT2D eigenvalue weighted by Crippen LogP contribution is -1.78. The molecule has 0 aliphatic heterocycles. The van der Waals surface area contributed by atoms with E-state index in [0.29, 0.717) is 6.42 Å². The molecule has 0 fully saturated rings. The van der Waals surface area contributed by atoms with Gasteiger partial charge >= 0.3 is 0 Å². The van der Waals surface area contributed by atoms with Crippen molar-refractivity contribution in [2.45, 2.75) is 13.3 Å². The summed E-state index contributed by atoms with van der Waals surface area (Å²) >= 11 is 0. The van der Waals surface area contributed by atoms with E-state index in [1.807, 2.05) is 6.07 Å². The lowest BCUT2D eigenvalue weighted by Gasteiger charge is -1.59. The molecule has 50 valence electrons. The van der Waals surface area contributed by atoms with Gasteiger partial charge in [0, 0.05) is 6.92 Å². The molecule has 3 heteroatoms. The first-order valence-electron chi connectivity index (χ1n) is 2.32. The monoisotopic (exact) mass is 127 g/mol. The van der Waals surface area contributed by atoms with E-state index < -0.39 is 5.97 Å². The molecule has 0 amide bonds. The van der Waals surface area contributed by atoms with Crippen LogP contribution in [-0.4, -0.2) is 11.1 Å². The summed E-state index contributed by atoms with van der Waals surface area (Å²) in [5.74, 6) is -0.833. The summed E-state index contributed by atoms with van der Waals surface area (Å²) in [6.45, 7) is 4.41. The zero-order chi connectivity index (χ0) is 7.70. The van der Waals surface area contributed by atoms with Gasteiger partial charge in [0.15, 0.2) is 0 Å². The number of hydrogen-bond acceptors (Lipinski definition) is 2. The largest absolute Gasteiger partial charge is 0.481 e. The number of carboxylic acid groups (broad SMARTS) is 1. The molecule has 3 nitrogen and oxygen atoms in total. The molecule has 0 saturated carbocycles. The Balaban J connectivity index is 0. The van der Waals surface area contributed by atoms with Crippen LogP contribution >= 0.6 is 0 Å². The minimum Gasteiger partial charge on any atom is -0.481 e. The molecule has 0 rings (SSSR count). The van der Waals surface area contributed by atoms with Gasteiger partial charge in [-0.05, 0) is 0 Å². The molecule has 0 unspecified atom stereocenters. The van der Waals surface area contributed by atoms with Gasteiger partial charge < -0.3 is 5.11 Å². The van der Waals surface area contributed by atoms with Crippen LogP contribution in [0.5, 0.6) is 0 Å². The van der Waals surface area contributed by atoms with Crippen molar-refractivity contribution in [2.75, 3.05) is 0 Å². The fourth-order valence-corrected chi connectivity index (χ4v) is 0.0645. The number of allylic oxidation sites excluding steroid dienone is 1. The van der Waals surface area contributed by atoms with E-state index in [1.54, 1.807) is 6.08 Å². The molecule has 0 radical (unpaired) electrons. The van der Waals surface area contributed by atoms with Crippen LogP contribution in [0, 0.1) is 11.3 Å². The van der Waals surface area contributed by atoms with E-state index in [0.717, 1.165) is 6.92 Å². The molecular formula is C6H9NO2. The molecule has 0 aliphatic rings. The molecule has 9 heavy (non-hydrogen) atoms. The topological polar surface area (TPSA) is 61.1 Å². The number of carboxylic acids is 1. The van der Waals surface area contributed by atoms with Crippen LogP contribution in [0.15, 0.2) is 12.7 Å². The van der Waals surface area contributed by atoms with Gasteiger partial charge in [0.1, 0.15) is 0 Å². The van der Waals surface area contributed by atoms with Crippen molar-refractivity contribution in [2.24, 2.45) is 0 Å². The number of aliphatic carboxylic acids is 1. The summed E-state index contributed by atoms with van der Waals surface area (Å²) < 4.78 is 0. The maximum Gasteiger partial charge on any atom is 0.300 e. The van der Waals surface area contributed by atoms with Gasteiger partial charge in [-0.3, -0.25) is 4.79 Å². The van der Waals surface area contributed by atoms with Crippen molar-refractivity contribution >= 4 is 5.97 Å². The van der Waals surface area contributed by atoms with Crippen molar-refractivity contribution < 1.29 is 9.90 Å². The van der Waals surface area contributed by atoms with E-state index in [4.69, 9.17) is 15.2 Å². The van der Waals surface area contributed by atoms with Crippen LogP contribution in [0.3, 0.4) is 0 Å². The quantitative estimate of drug-likeness (QED) is 0.538. The normalized spacial score (nSPS) is 5.78. The Morgan fingerprint density at radius 2 is 2.33 bits per heavy atom. The third-order valence-electron chi connectivity index (χ3n) is 0.236. The summed E-state index contributed by atoms with van der Waals surface area (Å²) in [4.78, 5) is 9.00. The highest BCUT2D eigenvalue weighted by Crippen LogP contribution is 1.67. The molecule has 0 bridgehead atoms. The number of nitrogens with zero attached hydrogens (tertiary/aromatic N) is 1. The number of nitriles is 1. The first-order chi connectivity index (χ1) is 4.15. The Morgan fingerprint density at radius 3 is 2.33 bits per heavy atom. The Labute approximate surface area is 54.2 Å². The van der Waals surface area contributed by atoms with Crippen LogP contribution in [0.25, 0.3) is 0 Å². The predicted octanol–water partition coefficient (Wildman–Crippen LogP) is 1.18. The van der Waals surface area contributed by atoms with Gasteiger partial charge in [-0.2, -0.15) is 5.26 Å². The van der Waals surface area contributed by atoms with Crippen LogP contribution in [-0.2, 0) is 4.79 Å². The average molecular weight is 127 g/mol. The molecule has 0 saturated heterocycles. The van der Waals surface area contributed by atoms with Crippen LogP contribution in [0.2, 0.25) is 0 Å². The van der Waals surface area contributed by atoms with Crippen molar-refractivity contribution in [3.05, 3.63) is 12.7 Å². The van der Waals surface area contributed by atoms with E-state index in [-0.39, 0.29) is 0 Å². The van der Waals surface area contributed by atoms with Gasteiger partial charge in [-0.25, -0.2) is 0 Å². The maximum atomic E-state index is 9.00. The highest BCUT2D eigenvalue weighted by Gasteiger charge is 1.65. The summed E-state index contributed by atoms with van der Waals surface area (Å²) in [5.41, 5.74) is 0. The van der Waals surface area contributed by atoms with Crippen molar-refractivity contribution in [1.29, 1.82) is 5.26 Å². The summed E-state index contributed by atoms with van der Waals surface area (Å²) in [7, 11) is 0. The summed E-state index contributed by atoms with van der Waals surface area (Å²) in [6.07, 6.45) is 2.03. The van der Waals surface area contributed by atoms with Crippen molar-refractivity contribution in [3.8, 4) is 6.07 Å². The smallest absolute Gasteiger partial charge is 0.300 e. The number of rotatable bonds is 1. The molecule has 1 N–H and O–H groups in total. The van der Waals surface area contributed by atoms with E-state index in [2.05, 4.69) is 6.58 Å². The minimum atomic E-state index is -0.833. The summed E-state index contributed by atoms with van der Waals surface area (Å²) in [6, 6.07) is 1.90. The van der Waals surface area contributed by atoms with E-state index >= 15 is 0 Å². The van der Waals surface area contributed by atoms with Gasteiger partial charge in [-0.1, -0.05) is 6.08 Å². The molecule has 0 spiro atoms. The second-order valence-corrected chi connectivity index (χ2v) is 1.17. The Hall–Kier alpha value is -1.30. The first-order valence-corrected chi connectivity index (χ1v) is 2.32. The summed E-state index contributed by atoms with van der Waals surface area (Å²) in [5, 5.41) is 15.2. The molecule has 0 aromatic heterocycles. The molecular weight excluding hydrogens is 118 g/mol. The van der Waals surface area contributed by atoms with E-state index in [9.17, 15) is 0 Å². The Kier molecular flexibility index (Phi) is 11.6. The molecule has 0 aromatic rings. The Morgan fingerprint density at radius 1 is 2.00 bits per heavy atom. The van der Waals surface area contributed by atoms with Crippen molar-refractivity contribution in [3.63, 3.8) is 0 Å². The maximum absolute atomic E-state index is 9.00.